The number of halogens is 1. The summed E-state index contributed by atoms with van der Waals surface area (Å²) in [7, 11) is 0. The first-order valence-corrected chi connectivity index (χ1v) is 9.90. The van der Waals surface area contributed by atoms with E-state index in [2.05, 4.69) is 15.4 Å². The Bertz CT molecular complexity index is 841. The van der Waals surface area contributed by atoms with Crippen molar-refractivity contribution in [3.8, 4) is 16.9 Å². The molecule has 1 saturated carbocycles. The Morgan fingerprint density at radius 2 is 2.11 bits per heavy atom. The van der Waals surface area contributed by atoms with E-state index >= 15 is 0 Å². The summed E-state index contributed by atoms with van der Waals surface area (Å²) in [6.07, 6.45) is 1.79. The number of nitrogens with zero attached hydrogens (tertiary/aromatic N) is 2. The van der Waals surface area contributed by atoms with Crippen LogP contribution in [0.2, 0.25) is 0 Å². The second kappa shape index (κ2) is 7.91. The molecule has 2 aromatic rings. The van der Waals surface area contributed by atoms with E-state index in [1.807, 2.05) is 26.0 Å². The standard InChI is InChI=1S/C21H26FN3O3/c1-13-20(14(2)28-24-13)17-11-15(23-21(26)16-12-18(16)22)5-6-19(17)27-10-9-25-7-3-4-8-25/h5-6,11,16,18H,3-4,7-10,12H2,1-2H3,(H,23,26). The first kappa shape index (κ1) is 18.9. The Kier molecular flexibility index (Phi) is 5.35. The molecule has 0 bridgehead atoms. The molecule has 28 heavy (non-hydrogen) atoms. The predicted octanol–water partition coefficient (Wildman–Crippen LogP) is 3.73. The van der Waals surface area contributed by atoms with Crippen molar-refractivity contribution >= 4 is 11.6 Å². The lowest BCUT2D eigenvalue weighted by Gasteiger charge is -2.17. The molecule has 2 unspecified atom stereocenters. The number of amides is 1. The third kappa shape index (κ3) is 4.04. The Morgan fingerprint density at radius 1 is 1.36 bits per heavy atom. The average Bonchev–Trinajstić information content (AvgIpc) is 3.03. The highest BCUT2D eigenvalue weighted by Crippen LogP contribution is 2.38. The number of ether oxygens (including phenoxy) is 1. The molecule has 1 amide bonds. The van der Waals surface area contributed by atoms with Crippen LogP contribution in [0.1, 0.15) is 30.7 Å². The fraction of sp³-hybridized carbons (Fsp3) is 0.524. The number of hydrogen-bond acceptors (Lipinski definition) is 5. The second-order valence-electron chi connectivity index (χ2n) is 7.65. The van der Waals surface area contributed by atoms with Gasteiger partial charge >= 0.3 is 0 Å². The molecule has 0 radical (unpaired) electrons. The fourth-order valence-electron chi connectivity index (χ4n) is 3.76. The summed E-state index contributed by atoms with van der Waals surface area (Å²) in [4.78, 5) is 14.5. The topological polar surface area (TPSA) is 67.6 Å². The predicted molar refractivity (Wildman–Crippen MR) is 104 cm³/mol. The lowest BCUT2D eigenvalue weighted by Crippen LogP contribution is -2.25. The Morgan fingerprint density at radius 3 is 2.75 bits per heavy atom. The normalized spacial score (nSPS) is 21.7. The van der Waals surface area contributed by atoms with Crippen LogP contribution < -0.4 is 10.1 Å². The quantitative estimate of drug-likeness (QED) is 0.784. The lowest BCUT2D eigenvalue weighted by molar-refractivity contribution is -0.117. The van der Waals surface area contributed by atoms with E-state index in [0.29, 0.717) is 24.5 Å². The summed E-state index contributed by atoms with van der Waals surface area (Å²) in [6.45, 7) is 7.46. The first-order valence-electron chi connectivity index (χ1n) is 9.90. The third-order valence-corrected chi connectivity index (χ3v) is 5.46. The van der Waals surface area contributed by atoms with Crippen LogP contribution in [0.15, 0.2) is 22.7 Å². The number of aromatic nitrogens is 1. The van der Waals surface area contributed by atoms with E-state index in [0.717, 1.165) is 42.2 Å². The maximum absolute atomic E-state index is 13.2. The number of anilines is 1. The highest BCUT2D eigenvalue weighted by atomic mass is 19.1. The van der Waals surface area contributed by atoms with Gasteiger partial charge in [0.2, 0.25) is 5.91 Å². The zero-order chi connectivity index (χ0) is 19.7. The molecule has 1 aromatic carbocycles. The second-order valence-corrected chi connectivity index (χ2v) is 7.65. The zero-order valence-corrected chi connectivity index (χ0v) is 16.3. The van der Waals surface area contributed by atoms with Gasteiger partial charge in [-0.1, -0.05) is 5.16 Å². The van der Waals surface area contributed by atoms with E-state index < -0.39 is 12.1 Å². The number of rotatable bonds is 7. The molecule has 150 valence electrons. The number of likely N-dealkylation sites (tertiary alicyclic amines) is 1. The minimum Gasteiger partial charge on any atom is -0.492 e. The maximum Gasteiger partial charge on any atom is 0.230 e. The highest BCUT2D eigenvalue weighted by Gasteiger charge is 2.43. The molecule has 2 aliphatic rings. The highest BCUT2D eigenvalue weighted by molar-refractivity contribution is 5.95. The summed E-state index contributed by atoms with van der Waals surface area (Å²) < 4.78 is 24.6. The van der Waals surface area contributed by atoms with E-state index in [9.17, 15) is 9.18 Å². The summed E-state index contributed by atoms with van der Waals surface area (Å²) in [6, 6.07) is 5.49. The molecule has 4 rings (SSSR count). The molecular weight excluding hydrogens is 361 g/mol. The van der Waals surface area contributed by atoms with Gasteiger partial charge in [-0.2, -0.15) is 0 Å². The van der Waals surface area contributed by atoms with Crippen molar-refractivity contribution in [3.63, 3.8) is 0 Å². The van der Waals surface area contributed by atoms with Crippen LogP contribution in [-0.2, 0) is 4.79 Å². The van der Waals surface area contributed by atoms with Gasteiger partial charge in [0.25, 0.3) is 0 Å². The van der Waals surface area contributed by atoms with Gasteiger partial charge in [0.05, 0.1) is 17.2 Å². The molecule has 2 heterocycles. The van der Waals surface area contributed by atoms with Crippen LogP contribution in [0.3, 0.4) is 0 Å². The molecule has 2 atom stereocenters. The maximum atomic E-state index is 13.2. The SMILES string of the molecule is Cc1noc(C)c1-c1cc(NC(=O)C2CC2F)ccc1OCCN1CCCC1. The molecule has 2 fully saturated rings. The smallest absolute Gasteiger partial charge is 0.230 e. The number of benzene rings is 1. The molecule has 6 nitrogen and oxygen atoms in total. The first-order chi connectivity index (χ1) is 13.5. The van der Waals surface area contributed by atoms with Crippen LogP contribution in [-0.4, -0.2) is 48.4 Å². The number of aryl methyl sites for hydroxylation is 2. The van der Waals surface area contributed by atoms with E-state index in [4.69, 9.17) is 9.26 Å². The van der Waals surface area contributed by atoms with Gasteiger partial charge in [0, 0.05) is 17.8 Å². The molecule has 1 aliphatic heterocycles. The van der Waals surface area contributed by atoms with Crippen LogP contribution in [0.25, 0.3) is 11.1 Å². The Labute approximate surface area is 164 Å². The van der Waals surface area contributed by atoms with Crippen molar-refractivity contribution in [2.24, 2.45) is 5.92 Å². The monoisotopic (exact) mass is 387 g/mol. The van der Waals surface area contributed by atoms with Crippen LogP contribution in [0.5, 0.6) is 5.75 Å². The van der Waals surface area contributed by atoms with Crippen molar-refractivity contribution in [3.05, 3.63) is 29.7 Å². The van der Waals surface area contributed by atoms with Gasteiger partial charge in [-0.3, -0.25) is 9.69 Å². The van der Waals surface area contributed by atoms with Gasteiger partial charge in [0.15, 0.2) is 0 Å². The molecular formula is C21H26FN3O3. The van der Waals surface area contributed by atoms with Crippen molar-refractivity contribution in [2.45, 2.75) is 39.3 Å². The lowest BCUT2D eigenvalue weighted by atomic mass is 10.0. The van der Waals surface area contributed by atoms with Gasteiger partial charge in [0.1, 0.15) is 24.3 Å². The van der Waals surface area contributed by atoms with E-state index in [-0.39, 0.29) is 5.91 Å². The molecule has 1 aliphatic carbocycles. The summed E-state index contributed by atoms with van der Waals surface area (Å²) in [5.74, 6) is 0.608. The van der Waals surface area contributed by atoms with Gasteiger partial charge < -0.3 is 14.6 Å². The molecule has 1 aromatic heterocycles. The van der Waals surface area contributed by atoms with E-state index in [1.165, 1.54) is 12.8 Å². The van der Waals surface area contributed by atoms with E-state index in [1.54, 1.807) is 6.07 Å². The van der Waals surface area contributed by atoms with Crippen LogP contribution in [0.4, 0.5) is 10.1 Å². The number of carbonyl (C=O) groups excluding carboxylic acids is 1. The van der Waals surface area contributed by atoms with Crippen molar-refractivity contribution in [1.29, 1.82) is 0 Å². The van der Waals surface area contributed by atoms with Crippen LogP contribution in [0, 0.1) is 19.8 Å². The summed E-state index contributed by atoms with van der Waals surface area (Å²) >= 11 is 0. The minimum absolute atomic E-state index is 0.278. The van der Waals surface area contributed by atoms with Crippen molar-refractivity contribution in [1.82, 2.24) is 10.1 Å². The number of carbonyl (C=O) groups is 1. The Hall–Kier alpha value is -2.41. The summed E-state index contributed by atoms with van der Waals surface area (Å²) in [5, 5.41) is 6.85. The number of nitrogens with one attached hydrogen (secondary N) is 1. The third-order valence-electron chi connectivity index (χ3n) is 5.46. The van der Waals surface area contributed by atoms with Gasteiger partial charge in [-0.25, -0.2) is 4.39 Å². The minimum atomic E-state index is -1.02. The molecule has 7 heteroatoms. The Balaban J connectivity index is 1.54. The largest absolute Gasteiger partial charge is 0.492 e. The summed E-state index contributed by atoms with van der Waals surface area (Å²) in [5.41, 5.74) is 3.06. The fourth-order valence-corrected chi connectivity index (χ4v) is 3.76. The number of hydrogen-bond donors (Lipinski definition) is 1. The number of alkyl halides is 1. The van der Waals surface area contributed by atoms with Crippen molar-refractivity contribution < 1.29 is 18.4 Å². The molecule has 0 spiro atoms. The average molecular weight is 387 g/mol. The van der Waals surface area contributed by atoms with Gasteiger partial charge in [-0.15, -0.1) is 0 Å². The van der Waals surface area contributed by atoms with Crippen molar-refractivity contribution in [2.75, 3.05) is 31.6 Å². The van der Waals surface area contributed by atoms with Crippen LogP contribution >= 0.6 is 0 Å². The molecule has 1 N–H and O–H groups in total. The molecule has 1 saturated heterocycles. The zero-order valence-electron chi connectivity index (χ0n) is 16.3. The van der Waals surface area contributed by atoms with Gasteiger partial charge in [-0.05, 0) is 64.4 Å².